The highest BCUT2D eigenvalue weighted by Crippen LogP contribution is 2.36. The summed E-state index contributed by atoms with van der Waals surface area (Å²) in [6.45, 7) is 7.89. The average Bonchev–Trinajstić information content (AvgIpc) is 3.03. The van der Waals surface area contributed by atoms with E-state index in [1.807, 2.05) is 32.5 Å². The monoisotopic (exact) mass is 341 g/mol. The Kier molecular flexibility index (Phi) is 5.18. The van der Waals surface area contributed by atoms with Gasteiger partial charge in [-0.2, -0.15) is 5.10 Å². The molecule has 1 amide bonds. The fraction of sp³-hybridized carbons (Fsp3) is 0.750. The zero-order valence-corrected chi connectivity index (χ0v) is 15.5. The van der Waals surface area contributed by atoms with Crippen molar-refractivity contribution in [3.05, 3.63) is 17.0 Å². The van der Waals surface area contributed by atoms with Crippen LogP contribution in [0.25, 0.3) is 0 Å². The minimum atomic E-state index is -3.38. The molecule has 0 spiro atoms. The molecule has 0 saturated carbocycles. The fourth-order valence-electron chi connectivity index (χ4n) is 3.45. The first-order valence-electron chi connectivity index (χ1n) is 8.22. The number of rotatable bonds is 5. The van der Waals surface area contributed by atoms with Crippen LogP contribution in [0.1, 0.15) is 56.1 Å². The first-order chi connectivity index (χ1) is 10.7. The van der Waals surface area contributed by atoms with Crippen LogP contribution in [0.15, 0.2) is 0 Å². The van der Waals surface area contributed by atoms with E-state index in [0.29, 0.717) is 13.0 Å². The van der Waals surface area contributed by atoms with Crippen LogP contribution in [0.5, 0.6) is 0 Å². The molecule has 2 atom stereocenters. The lowest BCUT2D eigenvalue weighted by Crippen LogP contribution is -2.42. The maximum absolute atomic E-state index is 12.8. The molecule has 6 nitrogen and oxygen atoms in total. The molecule has 0 bridgehead atoms. The number of likely N-dealkylation sites (tertiary alicyclic amines) is 1. The minimum absolute atomic E-state index is 0.0589. The third kappa shape index (κ3) is 3.29. The van der Waals surface area contributed by atoms with Gasteiger partial charge in [0, 0.05) is 24.8 Å². The number of sulfone groups is 1. The van der Waals surface area contributed by atoms with Crippen molar-refractivity contribution in [2.75, 3.05) is 12.3 Å². The van der Waals surface area contributed by atoms with E-state index >= 15 is 0 Å². The largest absolute Gasteiger partial charge is 0.334 e. The van der Waals surface area contributed by atoms with Gasteiger partial charge in [0.15, 0.2) is 9.84 Å². The van der Waals surface area contributed by atoms with Gasteiger partial charge in [0.1, 0.15) is 5.25 Å². The van der Waals surface area contributed by atoms with Crippen LogP contribution < -0.4 is 0 Å². The standard InChI is InChI=1S/C16H27N3O3S/c1-6-10-23(21,22)13(4)16(20)19-9-7-8-14(19)15-11(2)17-18(5)12(15)3/h13-14H,6-10H2,1-5H3. The number of carbonyl (C=O) groups excluding carboxylic acids is 1. The van der Waals surface area contributed by atoms with Crippen molar-refractivity contribution in [1.29, 1.82) is 0 Å². The van der Waals surface area contributed by atoms with Crippen molar-refractivity contribution in [2.24, 2.45) is 7.05 Å². The molecular formula is C16H27N3O3S. The molecule has 1 aromatic rings. The third-order valence-corrected chi connectivity index (χ3v) is 7.07. The van der Waals surface area contributed by atoms with E-state index in [2.05, 4.69) is 5.10 Å². The number of carbonyl (C=O) groups is 1. The maximum atomic E-state index is 12.8. The molecule has 1 fully saturated rings. The number of hydrogen-bond acceptors (Lipinski definition) is 4. The molecule has 2 rings (SSSR count). The van der Waals surface area contributed by atoms with Crippen molar-refractivity contribution in [3.8, 4) is 0 Å². The van der Waals surface area contributed by atoms with E-state index in [0.717, 1.165) is 29.8 Å². The van der Waals surface area contributed by atoms with Gasteiger partial charge < -0.3 is 4.90 Å². The van der Waals surface area contributed by atoms with Gasteiger partial charge in [-0.15, -0.1) is 0 Å². The molecule has 23 heavy (non-hydrogen) atoms. The van der Waals surface area contributed by atoms with E-state index in [1.54, 1.807) is 4.90 Å². The topological polar surface area (TPSA) is 72.3 Å². The predicted molar refractivity (Wildman–Crippen MR) is 89.9 cm³/mol. The smallest absolute Gasteiger partial charge is 0.241 e. The second-order valence-corrected chi connectivity index (χ2v) is 8.85. The van der Waals surface area contributed by atoms with E-state index in [9.17, 15) is 13.2 Å². The summed E-state index contributed by atoms with van der Waals surface area (Å²) in [5, 5.41) is 3.46. The summed E-state index contributed by atoms with van der Waals surface area (Å²) in [6.07, 6.45) is 2.29. The lowest BCUT2D eigenvalue weighted by Gasteiger charge is -2.28. The van der Waals surface area contributed by atoms with Crippen molar-refractivity contribution < 1.29 is 13.2 Å². The molecule has 1 aliphatic rings. The molecule has 0 radical (unpaired) electrons. The Hall–Kier alpha value is -1.37. The Balaban J connectivity index is 2.30. The number of aryl methyl sites for hydroxylation is 2. The molecule has 2 unspecified atom stereocenters. The first-order valence-corrected chi connectivity index (χ1v) is 9.94. The SMILES string of the molecule is CCCS(=O)(=O)C(C)C(=O)N1CCCC1c1c(C)nn(C)c1C. The second kappa shape index (κ2) is 6.63. The summed E-state index contributed by atoms with van der Waals surface area (Å²) < 4.78 is 26.3. The summed E-state index contributed by atoms with van der Waals surface area (Å²) in [7, 11) is -1.49. The van der Waals surface area contributed by atoms with Gasteiger partial charge in [-0.3, -0.25) is 9.48 Å². The lowest BCUT2D eigenvalue weighted by molar-refractivity contribution is -0.131. The van der Waals surface area contributed by atoms with Crippen molar-refractivity contribution in [2.45, 2.75) is 58.2 Å². The summed E-state index contributed by atoms with van der Waals surface area (Å²) >= 11 is 0. The van der Waals surface area contributed by atoms with Crippen molar-refractivity contribution in [3.63, 3.8) is 0 Å². The lowest BCUT2D eigenvalue weighted by atomic mass is 10.0. The Bertz CT molecular complexity index is 694. The molecule has 1 aliphatic heterocycles. The van der Waals surface area contributed by atoms with Gasteiger partial charge in [-0.25, -0.2) is 8.42 Å². The van der Waals surface area contributed by atoms with Gasteiger partial charge in [0.05, 0.1) is 17.5 Å². The third-order valence-electron chi connectivity index (χ3n) is 4.81. The summed E-state index contributed by atoms with van der Waals surface area (Å²) in [6, 6.07) is -0.0597. The molecule has 130 valence electrons. The van der Waals surface area contributed by atoms with E-state index < -0.39 is 15.1 Å². The Labute approximate surface area is 138 Å². The second-order valence-electron chi connectivity index (χ2n) is 6.41. The van der Waals surface area contributed by atoms with E-state index in [-0.39, 0.29) is 17.7 Å². The highest BCUT2D eigenvalue weighted by molar-refractivity contribution is 7.92. The average molecular weight is 341 g/mol. The van der Waals surface area contributed by atoms with Crippen LogP contribution in [0, 0.1) is 13.8 Å². The normalized spacial score (nSPS) is 20.0. The summed E-state index contributed by atoms with van der Waals surface area (Å²) in [5.41, 5.74) is 3.02. The highest BCUT2D eigenvalue weighted by Gasteiger charge is 2.38. The quantitative estimate of drug-likeness (QED) is 0.820. The van der Waals surface area contributed by atoms with Gasteiger partial charge in [-0.1, -0.05) is 6.92 Å². The zero-order chi connectivity index (χ0) is 17.4. The molecular weight excluding hydrogens is 314 g/mol. The van der Waals surface area contributed by atoms with Gasteiger partial charge in [-0.05, 0) is 40.0 Å². The molecule has 2 heterocycles. The number of hydrogen-bond donors (Lipinski definition) is 0. The zero-order valence-electron chi connectivity index (χ0n) is 14.7. The van der Waals surface area contributed by atoms with Crippen LogP contribution in [-0.2, 0) is 21.7 Å². The maximum Gasteiger partial charge on any atom is 0.241 e. The van der Waals surface area contributed by atoms with E-state index in [4.69, 9.17) is 0 Å². The van der Waals surface area contributed by atoms with Crippen LogP contribution in [0.3, 0.4) is 0 Å². The highest BCUT2D eigenvalue weighted by atomic mass is 32.2. The fourth-order valence-corrected chi connectivity index (χ4v) is 4.82. The number of aromatic nitrogens is 2. The summed E-state index contributed by atoms with van der Waals surface area (Å²) in [5.74, 6) is -0.216. The first kappa shape index (κ1) is 18.0. The molecule has 7 heteroatoms. The minimum Gasteiger partial charge on any atom is -0.334 e. The number of nitrogens with zero attached hydrogens (tertiary/aromatic N) is 3. The van der Waals surface area contributed by atoms with Gasteiger partial charge >= 0.3 is 0 Å². The van der Waals surface area contributed by atoms with Crippen molar-refractivity contribution >= 4 is 15.7 Å². The number of amides is 1. The van der Waals surface area contributed by atoms with Crippen LogP contribution in [0.2, 0.25) is 0 Å². The Morgan fingerprint density at radius 3 is 2.57 bits per heavy atom. The molecule has 0 aromatic carbocycles. The molecule has 0 N–H and O–H groups in total. The van der Waals surface area contributed by atoms with Crippen molar-refractivity contribution in [1.82, 2.24) is 14.7 Å². The predicted octanol–water partition coefficient (Wildman–Crippen LogP) is 1.91. The Morgan fingerprint density at radius 2 is 2.04 bits per heavy atom. The molecule has 1 aromatic heterocycles. The van der Waals surface area contributed by atoms with Gasteiger partial charge in [0.25, 0.3) is 0 Å². The van der Waals surface area contributed by atoms with Crippen LogP contribution >= 0.6 is 0 Å². The van der Waals surface area contributed by atoms with Gasteiger partial charge in [0.2, 0.25) is 5.91 Å². The van der Waals surface area contributed by atoms with Crippen LogP contribution in [-0.4, -0.2) is 46.6 Å². The molecule has 0 aliphatic carbocycles. The van der Waals surface area contributed by atoms with Crippen LogP contribution in [0.4, 0.5) is 0 Å². The molecule has 1 saturated heterocycles. The summed E-state index contributed by atoms with van der Waals surface area (Å²) in [4.78, 5) is 14.5. The van der Waals surface area contributed by atoms with E-state index in [1.165, 1.54) is 6.92 Å². The Morgan fingerprint density at radius 1 is 1.39 bits per heavy atom.